The maximum absolute atomic E-state index is 12.6. The first-order valence-corrected chi connectivity index (χ1v) is 8.22. The van der Waals surface area contributed by atoms with Crippen molar-refractivity contribution in [2.24, 2.45) is 0 Å². The van der Waals surface area contributed by atoms with Crippen molar-refractivity contribution >= 4 is 39.3 Å². The average molecular weight is 381 g/mol. The molecule has 0 saturated carbocycles. The summed E-state index contributed by atoms with van der Waals surface area (Å²) in [5, 5.41) is 0.568. The van der Waals surface area contributed by atoms with Crippen LogP contribution in [-0.2, 0) is 0 Å². The van der Waals surface area contributed by atoms with Crippen LogP contribution < -0.4 is 4.90 Å². The summed E-state index contributed by atoms with van der Waals surface area (Å²) in [6.07, 6.45) is 1.79. The summed E-state index contributed by atoms with van der Waals surface area (Å²) in [7, 11) is 0. The smallest absolute Gasteiger partial charge is 0.255 e. The minimum atomic E-state index is 0.00930. The van der Waals surface area contributed by atoms with Crippen LogP contribution in [0.3, 0.4) is 0 Å². The molecule has 3 rings (SSSR count). The highest BCUT2D eigenvalue weighted by Gasteiger charge is 2.24. The molecule has 0 spiro atoms. The Kier molecular flexibility index (Phi) is 4.64. The van der Waals surface area contributed by atoms with Crippen molar-refractivity contribution in [3.05, 3.63) is 57.7 Å². The van der Waals surface area contributed by atoms with Crippen LogP contribution >= 0.6 is 27.5 Å². The number of carbonyl (C=O) groups excluding carboxylic acids is 1. The number of pyridine rings is 1. The molecule has 1 aliphatic heterocycles. The van der Waals surface area contributed by atoms with E-state index in [2.05, 4.69) is 25.8 Å². The number of halogens is 2. The topological polar surface area (TPSA) is 36.4 Å². The lowest BCUT2D eigenvalue weighted by atomic mass is 10.2. The summed E-state index contributed by atoms with van der Waals surface area (Å²) in [4.78, 5) is 21.0. The highest BCUT2D eigenvalue weighted by molar-refractivity contribution is 9.10. The standard InChI is InChI=1S/C16H15BrClN3O/c17-14-5-4-12(18)11-13(14)16(22)21-9-7-20(8-10-21)15-3-1-2-6-19-15/h1-6,11H,7-10H2. The lowest BCUT2D eigenvalue weighted by molar-refractivity contribution is 0.0745. The Morgan fingerprint density at radius 2 is 1.91 bits per heavy atom. The van der Waals surface area contributed by atoms with Crippen LogP contribution in [-0.4, -0.2) is 42.0 Å². The molecule has 114 valence electrons. The monoisotopic (exact) mass is 379 g/mol. The van der Waals surface area contributed by atoms with Gasteiger partial charge in [0.25, 0.3) is 5.91 Å². The Bertz CT molecular complexity index is 672. The van der Waals surface area contributed by atoms with E-state index in [0.29, 0.717) is 23.7 Å². The molecule has 2 heterocycles. The van der Waals surface area contributed by atoms with Gasteiger partial charge in [0.15, 0.2) is 0 Å². The number of rotatable bonds is 2. The van der Waals surface area contributed by atoms with E-state index < -0.39 is 0 Å². The molecule has 1 amide bonds. The molecule has 0 N–H and O–H groups in total. The number of amides is 1. The Hall–Kier alpha value is -1.59. The van der Waals surface area contributed by atoms with Gasteiger partial charge in [0.2, 0.25) is 0 Å². The Balaban J connectivity index is 1.68. The van der Waals surface area contributed by atoms with Gasteiger partial charge in [0.05, 0.1) is 5.56 Å². The van der Waals surface area contributed by atoms with E-state index in [-0.39, 0.29) is 5.91 Å². The van der Waals surface area contributed by atoms with E-state index in [0.717, 1.165) is 23.4 Å². The SMILES string of the molecule is O=C(c1cc(Cl)ccc1Br)N1CCN(c2ccccn2)CC1. The number of carbonyl (C=O) groups is 1. The zero-order chi connectivity index (χ0) is 15.5. The third-order valence-electron chi connectivity index (χ3n) is 3.70. The van der Waals surface area contributed by atoms with E-state index in [1.165, 1.54) is 0 Å². The number of aromatic nitrogens is 1. The first kappa shape index (κ1) is 15.3. The van der Waals surface area contributed by atoms with Crippen molar-refractivity contribution in [1.29, 1.82) is 0 Å². The molecule has 2 aromatic rings. The summed E-state index contributed by atoms with van der Waals surface area (Å²) in [5.74, 6) is 0.966. The molecule has 1 aliphatic rings. The van der Waals surface area contributed by atoms with E-state index >= 15 is 0 Å². The van der Waals surface area contributed by atoms with Gasteiger partial charge in [-0.3, -0.25) is 4.79 Å². The maximum atomic E-state index is 12.6. The largest absolute Gasteiger partial charge is 0.353 e. The molecule has 4 nitrogen and oxygen atoms in total. The van der Waals surface area contributed by atoms with Crippen LogP contribution in [0.5, 0.6) is 0 Å². The van der Waals surface area contributed by atoms with Gasteiger partial charge in [-0.2, -0.15) is 0 Å². The van der Waals surface area contributed by atoms with Gasteiger partial charge < -0.3 is 9.80 Å². The summed E-state index contributed by atoms with van der Waals surface area (Å²) in [6, 6.07) is 11.1. The predicted octanol–water partition coefficient (Wildman–Crippen LogP) is 3.46. The minimum absolute atomic E-state index is 0.00930. The lowest BCUT2D eigenvalue weighted by Gasteiger charge is -2.35. The maximum Gasteiger partial charge on any atom is 0.255 e. The van der Waals surface area contributed by atoms with E-state index in [1.54, 1.807) is 24.4 Å². The zero-order valence-electron chi connectivity index (χ0n) is 11.9. The lowest BCUT2D eigenvalue weighted by Crippen LogP contribution is -2.49. The molecular weight excluding hydrogens is 366 g/mol. The van der Waals surface area contributed by atoms with Crippen LogP contribution in [0.2, 0.25) is 5.02 Å². The number of benzene rings is 1. The van der Waals surface area contributed by atoms with Gasteiger partial charge in [-0.05, 0) is 46.3 Å². The second-order valence-corrected chi connectivity index (χ2v) is 6.38. The van der Waals surface area contributed by atoms with Crippen molar-refractivity contribution in [1.82, 2.24) is 9.88 Å². The average Bonchev–Trinajstić information content (AvgIpc) is 2.57. The molecule has 0 bridgehead atoms. The predicted molar refractivity (Wildman–Crippen MR) is 91.5 cm³/mol. The highest BCUT2D eigenvalue weighted by atomic mass is 79.9. The van der Waals surface area contributed by atoms with Crippen LogP contribution in [0.25, 0.3) is 0 Å². The van der Waals surface area contributed by atoms with E-state index in [4.69, 9.17) is 11.6 Å². The third kappa shape index (κ3) is 3.25. The molecule has 0 aliphatic carbocycles. The molecule has 1 fully saturated rings. The summed E-state index contributed by atoms with van der Waals surface area (Å²) < 4.78 is 0.772. The van der Waals surface area contributed by atoms with Crippen molar-refractivity contribution < 1.29 is 4.79 Å². The normalized spacial score (nSPS) is 15.0. The molecule has 22 heavy (non-hydrogen) atoms. The second kappa shape index (κ2) is 6.67. The van der Waals surface area contributed by atoms with Gasteiger partial charge in [-0.1, -0.05) is 17.7 Å². The van der Waals surface area contributed by atoms with Gasteiger partial charge in [0, 0.05) is 41.9 Å². The van der Waals surface area contributed by atoms with Gasteiger partial charge in [-0.25, -0.2) is 4.98 Å². The van der Waals surface area contributed by atoms with Crippen molar-refractivity contribution in [3.63, 3.8) is 0 Å². The van der Waals surface area contributed by atoms with Gasteiger partial charge >= 0.3 is 0 Å². The summed E-state index contributed by atoms with van der Waals surface area (Å²) in [5.41, 5.74) is 0.610. The van der Waals surface area contributed by atoms with Crippen LogP contribution in [0.1, 0.15) is 10.4 Å². The van der Waals surface area contributed by atoms with Crippen molar-refractivity contribution in [2.75, 3.05) is 31.1 Å². The summed E-state index contributed by atoms with van der Waals surface area (Å²) >= 11 is 9.41. The van der Waals surface area contributed by atoms with Crippen LogP contribution in [0.15, 0.2) is 47.1 Å². The van der Waals surface area contributed by atoms with Crippen LogP contribution in [0, 0.1) is 0 Å². The minimum Gasteiger partial charge on any atom is -0.353 e. The molecular formula is C16H15BrClN3O. The third-order valence-corrected chi connectivity index (χ3v) is 4.63. The quantitative estimate of drug-likeness (QED) is 0.800. The van der Waals surface area contributed by atoms with Crippen molar-refractivity contribution in [2.45, 2.75) is 0 Å². The zero-order valence-corrected chi connectivity index (χ0v) is 14.2. The van der Waals surface area contributed by atoms with E-state index in [9.17, 15) is 4.79 Å². The molecule has 6 heteroatoms. The first-order valence-electron chi connectivity index (χ1n) is 7.05. The van der Waals surface area contributed by atoms with Crippen molar-refractivity contribution in [3.8, 4) is 0 Å². The molecule has 0 radical (unpaired) electrons. The fourth-order valence-electron chi connectivity index (χ4n) is 2.51. The first-order chi connectivity index (χ1) is 10.6. The molecule has 1 aromatic heterocycles. The number of anilines is 1. The number of piperazine rings is 1. The van der Waals surface area contributed by atoms with E-state index in [1.807, 2.05) is 23.1 Å². The number of hydrogen-bond donors (Lipinski definition) is 0. The molecule has 0 atom stereocenters. The summed E-state index contributed by atoms with van der Waals surface area (Å²) in [6.45, 7) is 2.91. The number of hydrogen-bond acceptors (Lipinski definition) is 3. The fourth-order valence-corrected chi connectivity index (χ4v) is 3.10. The van der Waals surface area contributed by atoms with Gasteiger partial charge in [-0.15, -0.1) is 0 Å². The second-order valence-electron chi connectivity index (χ2n) is 5.09. The number of nitrogens with zero attached hydrogens (tertiary/aromatic N) is 3. The Labute approximate surface area is 142 Å². The van der Waals surface area contributed by atoms with Gasteiger partial charge in [0.1, 0.15) is 5.82 Å². The molecule has 0 unspecified atom stereocenters. The molecule has 1 aromatic carbocycles. The Morgan fingerprint density at radius 1 is 1.14 bits per heavy atom. The molecule has 1 saturated heterocycles. The van der Waals surface area contributed by atoms with Crippen LogP contribution in [0.4, 0.5) is 5.82 Å². The fraction of sp³-hybridized carbons (Fsp3) is 0.250. The Morgan fingerprint density at radius 3 is 2.59 bits per heavy atom. The highest BCUT2D eigenvalue weighted by Crippen LogP contribution is 2.23.